The summed E-state index contributed by atoms with van der Waals surface area (Å²) in [6.07, 6.45) is 0. The molecule has 0 aliphatic carbocycles. The summed E-state index contributed by atoms with van der Waals surface area (Å²) in [6, 6.07) is 5.03. The van der Waals surface area contributed by atoms with Crippen molar-refractivity contribution >= 4 is 11.6 Å². The number of anilines is 1. The molecule has 0 unspecified atom stereocenters. The summed E-state index contributed by atoms with van der Waals surface area (Å²) in [7, 11) is 2.51. The van der Waals surface area contributed by atoms with E-state index in [-0.39, 0.29) is 11.7 Å². The molecule has 0 saturated carbocycles. The molecule has 0 saturated heterocycles. The largest absolute Gasteiger partial charge is 0.437 e. The lowest BCUT2D eigenvalue weighted by molar-refractivity contribution is 0.0963. The lowest BCUT2D eigenvalue weighted by Gasteiger charge is -2.10. The zero-order chi connectivity index (χ0) is 19.9. The van der Waals surface area contributed by atoms with Crippen LogP contribution in [0.4, 0.5) is 10.2 Å². The van der Waals surface area contributed by atoms with Crippen molar-refractivity contribution < 1.29 is 13.6 Å². The Labute approximate surface area is 149 Å². The molecular weight excluding hydrogens is 361 g/mol. The predicted octanol–water partition coefficient (Wildman–Crippen LogP) is -0.495. The second-order valence-corrected chi connectivity index (χ2v) is 5.73. The zero-order valence-corrected chi connectivity index (χ0v) is 14.3. The fraction of sp³-hybridized carbons (Fsp3) is 0.188. The first-order chi connectivity index (χ1) is 12.7. The Balaban J connectivity index is 1.99. The van der Waals surface area contributed by atoms with Gasteiger partial charge in [0.2, 0.25) is 5.89 Å². The van der Waals surface area contributed by atoms with E-state index in [1.54, 1.807) is 0 Å². The summed E-state index contributed by atoms with van der Waals surface area (Å²) >= 11 is 0. The van der Waals surface area contributed by atoms with Gasteiger partial charge >= 0.3 is 11.4 Å². The zero-order valence-electron chi connectivity index (χ0n) is 14.3. The van der Waals surface area contributed by atoms with Crippen molar-refractivity contribution in [1.29, 1.82) is 0 Å². The first-order valence-electron chi connectivity index (χ1n) is 7.63. The first-order valence-corrected chi connectivity index (χ1v) is 7.63. The lowest BCUT2D eigenvalue weighted by atomic mass is 10.2. The van der Waals surface area contributed by atoms with Crippen molar-refractivity contribution in [2.45, 2.75) is 6.54 Å². The molecule has 0 fully saturated rings. The Hall–Kier alpha value is -3.76. The smallest absolute Gasteiger partial charge is 0.388 e. The van der Waals surface area contributed by atoms with Gasteiger partial charge in [0.25, 0.3) is 5.56 Å². The average molecular weight is 375 g/mol. The van der Waals surface area contributed by atoms with E-state index in [4.69, 9.17) is 10.2 Å². The summed E-state index contributed by atoms with van der Waals surface area (Å²) in [4.78, 5) is 48.5. The Morgan fingerprint density at radius 2 is 1.78 bits per heavy atom. The maximum Gasteiger partial charge on any atom is 0.437 e. The Kier molecular flexibility index (Phi) is 4.35. The maximum absolute atomic E-state index is 13.0. The van der Waals surface area contributed by atoms with E-state index < -0.39 is 40.7 Å². The Morgan fingerprint density at radius 3 is 2.41 bits per heavy atom. The number of carbonyl (C=O) groups is 1. The fourth-order valence-corrected chi connectivity index (χ4v) is 2.45. The molecule has 0 bridgehead atoms. The van der Waals surface area contributed by atoms with Gasteiger partial charge in [0.15, 0.2) is 5.78 Å². The highest BCUT2D eigenvalue weighted by Gasteiger charge is 2.22. The van der Waals surface area contributed by atoms with Crippen LogP contribution in [-0.2, 0) is 20.6 Å². The molecule has 2 heterocycles. The van der Waals surface area contributed by atoms with Crippen molar-refractivity contribution in [3.63, 3.8) is 0 Å². The molecule has 3 rings (SSSR count). The van der Waals surface area contributed by atoms with Gasteiger partial charge in [-0.1, -0.05) is 0 Å². The number of Topliss-reactive ketones (excluding diaryl/α,β-unsaturated/α-hetero) is 1. The van der Waals surface area contributed by atoms with E-state index in [0.717, 1.165) is 21.3 Å². The van der Waals surface area contributed by atoms with Crippen LogP contribution in [0.15, 0.2) is 43.1 Å². The van der Waals surface area contributed by atoms with Gasteiger partial charge in [-0.2, -0.15) is 4.68 Å². The van der Waals surface area contributed by atoms with Crippen molar-refractivity contribution in [1.82, 2.24) is 18.9 Å². The van der Waals surface area contributed by atoms with Gasteiger partial charge in [-0.05, 0) is 24.3 Å². The molecule has 0 aliphatic heterocycles. The molecule has 2 N–H and O–H groups in total. The summed E-state index contributed by atoms with van der Waals surface area (Å²) in [5.74, 6) is -2.66. The third-order valence-corrected chi connectivity index (χ3v) is 3.98. The van der Waals surface area contributed by atoms with Gasteiger partial charge in [0.05, 0.1) is 0 Å². The SMILES string of the molecule is Cn1c(N)c(C(=O)Cn2nc(-c3ccc(F)cc3)oc2=O)c(=O)n(C)c1=O. The quantitative estimate of drug-likeness (QED) is 0.608. The van der Waals surface area contributed by atoms with Crippen LogP contribution in [0.1, 0.15) is 10.4 Å². The van der Waals surface area contributed by atoms with Crippen molar-refractivity contribution in [3.8, 4) is 11.5 Å². The highest BCUT2D eigenvalue weighted by molar-refractivity contribution is 5.99. The highest BCUT2D eigenvalue weighted by atomic mass is 19.1. The number of ketones is 1. The molecule has 0 spiro atoms. The number of nitrogen functional groups attached to an aromatic ring is 1. The van der Waals surface area contributed by atoms with Gasteiger partial charge < -0.3 is 10.2 Å². The van der Waals surface area contributed by atoms with Crippen molar-refractivity contribution in [3.05, 3.63) is 67.0 Å². The van der Waals surface area contributed by atoms with Crippen LogP contribution in [0.5, 0.6) is 0 Å². The molecule has 11 heteroatoms. The summed E-state index contributed by atoms with van der Waals surface area (Å²) in [5.41, 5.74) is 4.05. The second kappa shape index (κ2) is 6.52. The summed E-state index contributed by atoms with van der Waals surface area (Å²) in [6.45, 7) is -0.624. The van der Waals surface area contributed by atoms with Gasteiger partial charge in [-0.3, -0.25) is 18.7 Å². The lowest BCUT2D eigenvalue weighted by Crippen LogP contribution is -2.42. The van der Waals surface area contributed by atoms with Gasteiger partial charge in [-0.25, -0.2) is 14.0 Å². The van der Waals surface area contributed by atoms with E-state index in [9.17, 15) is 23.6 Å². The van der Waals surface area contributed by atoms with Crippen LogP contribution in [-0.4, -0.2) is 24.7 Å². The minimum Gasteiger partial charge on any atom is -0.388 e. The molecule has 140 valence electrons. The maximum atomic E-state index is 13.0. The summed E-state index contributed by atoms with van der Waals surface area (Å²) < 4.78 is 20.3. The Bertz CT molecular complexity index is 1220. The monoisotopic (exact) mass is 375 g/mol. The van der Waals surface area contributed by atoms with E-state index in [1.165, 1.54) is 26.2 Å². The van der Waals surface area contributed by atoms with Crippen LogP contribution in [0.3, 0.4) is 0 Å². The predicted molar refractivity (Wildman–Crippen MR) is 91.8 cm³/mol. The number of hydrogen-bond acceptors (Lipinski definition) is 7. The molecule has 0 aliphatic rings. The molecule has 0 atom stereocenters. The summed E-state index contributed by atoms with van der Waals surface area (Å²) in [5, 5.41) is 3.87. The number of aromatic nitrogens is 4. The molecule has 27 heavy (non-hydrogen) atoms. The molecule has 1 aromatic carbocycles. The first kappa shape index (κ1) is 18.0. The second-order valence-electron chi connectivity index (χ2n) is 5.73. The number of carbonyl (C=O) groups excluding carboxylic acids is 1. The van der Waals surface area contributed by atoms with E-state index in [2.05, 4.69) is 5.10 Å². The minimum absolute atomic E-state index is 0.117. The molecule has 2 aromatic heterocycles. The molecule has 0 amide bonds. The number of nitrogens with two attached hydrogens (primary N) is 1. The van der Waals surface area contributed by atoms with Crippen LogP contribution in [0.2, 0.25) is 0 Å². The van der Waals surface area contributed by atoms with Crippen molar-refractivity contribution in [2.75, 3.05) is 5.73 Å². The van der Waals surface area contributed by atoms with E-state index in [0.29, 0.717) is 10.2 Å². The molecule has 0 radical (unpaired) electrons. The number of benzene rings is 1. The van der Waals surface area contributed by atoms with Gasteiger partial charge in [-0.15, -0.1) is 5.10 Å². The fourth-order valence-electron chi connectivity index (χ4n) is 2.45. The highest BCUT2D eigenvalue weighted by Crippen LogP contribution is 2.15. The van der Waals surface area contributed by atoms with Gasteiger partial charge in [0, 0.05) is 19.7 Å². The standard InChI is InChI=1S/C16H14FN5O5/c1-20-12(18)11(14(24)21(2)15(20)25)10(23)7-22-16(26)27-13(19-22)8-3-5-9(17)6-4-8/h3-6H,7,18H2,1-2H3. The number of hydrogen-bond donors (Lipinski definition) is 1. The third kappa shape index (κ3) is 3.10. The normalized spacial score (nSPS) is 10.9. The van der Waals surface area contributed by atoms with E-state index >= 15 is 0 Å². The van der Waals surface area contributed by atoms with E-state index in [1.807, 2.05) is 0 Å². The Morgan fingerprint density at radius 1 is 1.15 bits per heavy atom. The molecular formula is C16H14FN5O5. The third-order valence-electron chi connectivity index (χ3n) is 3.98. The number of nitrogens with zero attached hydrogens (tertiary/aromatic N) is 4. The topological polar surface area (TPSA) is 135 Å². The van der Waals surface area contributed by atoms with Gasteiger partial charge in [0.1, 0.15) is 23.7 Å². The average Bonchev–Trinajstić information content (AvgIpc) is 2.99. The number of rotatable bonds is 4. The molecule has 10 nitrogen and oxygen atoms in total. The van der Waals surface area contributed by atoms with Crippen LogP contribution >= 0.6 is 0 Å². The van der Waals surface area contributed by atoms with Crippen LogP contribution in [0.25, 0.3) is 11.5 Å². The van der Waals surface area contributed by atoms with Crippen molar-refractivity contribution in [2.24, 2.45) is 14.1 Å². The van der Waals surface area contributed by atoms with Crippen LogP contribution < -0.4 is 22.7 Å². The van der Waals surface area contributed by atoms with Crippen LogP contribution in [0, 0.1) is 5.82 Å². The number of halogens is 1. The minimum atomic E-state index is -0.942. The molecule has 3 aromatic rings.